The van der Waals surface area contributed by atoms with Gasteiger partial charge in [-0.3, -0.25) is 4.79 Å². The Morgan fingerprint density at radius 1 is 0.926 bits per heavy atom. The highest BCUT2D eigenvalue weighted by molar-refractivity contribution is 6.31. The number of hydrogen-bond acceptors (Lipinski definition) is 5. The second kappa shape index (κ2) is 7.62. The molecule has 1 heterocycles. The van der Waals surface area contributed by atoms with Crippen LogP contribution in [0.2, 0.25) is 10.0 Å². The number of carbonyl (C=O) groups excluding carboxylic acids is 2. The fourth-order valence-corrected chi connectivity index (χ4v) is 3.66. The van der Waals surface area contributed by atoms with Gasteiger partial charge in [0.05, 0.1) is 14.2 Å². The fourth-order valence-electron chi connectivity index (χ4n) is 3.41. The lowest BCUT2D eigenvalue weighted by molar-refractivity contribution is -0.153. The summed E-state index contributed by atoms with van der Waals surface area (Å²) in [6, 6.07) is 12.7. The molecule has 3 rings (SSSR count). The van der Waals surface area contributed by atoms with E-state index in [1.807, 2.05) is 0 Å². The monoisotopic (exact) mass is 405 g/mol. The number of nitrogens with one attached hydrogen (secondary N) is 1. The molecule has 0 aromatic heterocycles. The van der Waals surface area contributed by atoms with Crippen LogP contribution in [0, 0.1) is 0 Å². The molecule has 0 radical (unpaired) electrons. The summed E-state index contributed by atoms with van der Waals surface area (Å²) in [6.45, 7) is 0. The minimum Gasteiger partial charge on any atom is -0.468 e. The summed E-state index contributed by atoms with van der Waals surface area (Å²) in [5.41, 5.74) is 0.406. The predicted molar refractivity (Wildman–Crippen MR) is 104 cm³/mol. The molecule has 1 aliphatic heterocycles. The van der Waals surface area contributed by atoms with E-state index in [-0.39, 0.29) is 0 Å². The van der Waals surface area contributed by atoms with E-state index in [4.69, 9.17) is 32.7 Å². The lowest BCUT2D eigenvalue weighted by Crippen LogP contribution is -2.53. The maximum Gasteiger partial charge on any atom is 0.330 e. The third-order valence-electron chi connectivity index (χ3n) is 4.65. The molecular formula is C20H17Cl2NO4. The number of esters is 2. The summed E-state index contributed by atoms with van der Waals surface area (Å²) in [6.07, 6.45) is 1.64. The van der Waals surface area contributed by atoms with Crippen molar-refractivity contribution < 1.29 is 19.1 Å². The van der Waals surface area contributed by atoms with E-state index >= 15 is 0 Å². The first kappa shape index (κ1) is 19.3. The van der Waals surface area contributed by atoms with Crippen LogP contribution in [-0.4, -0.2) is 32.2 Å². The third-order valence-corrected chi connectivity index (χ3v) is 5.16. The number of ether oxygens (including phenoxy) is 2. The van der Waals surface area contributed by atoms with Crippen LogP contribution in [0.4, 0.5) is 0 Å². The molecule has 140 valence electrons. The van der Waals surface area contributed by atoms with Gasteiger partial charge < -0.3 is 14.8 Å². The summed E-state index contributed by atoms with van der Waals surface area (Å²) < 4.78 is 10.1. The molecule has 1 aliphatic rings. The molecule has 0 amide bonds. The quantitative estimate of drug-likeness (QED) is 0.787. The standard InChI is InChI=1S/C20H17Cl2NO4/c1-26-18(24)17-20(19(25)27-2,13-5-9-15(22)10-6-13)16(11-23-17)12-3-7-14(21)8-4-12/h3-11,17,23H,1-2H3. The van der Waals surface area contributed by atoms with Crippen LogP contribution in [-0.2, 0) is 24.5 Å². The van der Waals surface area contributed by atoms with Crippen molar-refractivity contribution in [3.05, 3.63) is 75.9 Å². The van der Waals surface area contributed by atoms with E-state index in [1.54, 1.807) is 54.7 Å². The zero-order chi connectivity index (χ0) is 19.6. The van der Waals surface area contributed by atoms with Gasteiger partial charge in [0, 0.05) is 16.2 Å². The molecule has 0 aliphatic carbocycles. The molecule has 2 unspecified atom stereocenters. The van der Waals surface area contributed by atoms with Crippen molar-refractivity contribution in [2.75, 3.05) is 14.2 Å². The number of rotatable bonds is 4. The summed E-state index contributed by atoms with van der Waals surface area (Å²) >= 11 is 12.0. The Morgan fingerprint density at radius 3 is 2.00 bits per heavy atom. The van der Waals surface area contributed by atoms with Crippen LogP contribution >= 0.6 is 23.2 Å². The summed E-state index contributed by atoms with van der Waals surface area (Å²) in [5.74, 6) is -1.18. The van der Waals surface area contributed by atoms with Crippen molar-refractivity contribution in [1.82, 2.24) is 5.32 Å². The van der Waals surface area contributed by atoms with Gasteiger partial charge in [0.2, 0.25) is 0 Å². The Kier molecular flexibility index (Phi) is 5.44. The summed E-state index contributed by atoms with van der Waals surface area (Å²) in [7, 11) is 2.56. The van der Waals surface area contributed by atoms with E-state index in [0.29, 0.717) is 21.2 Å². The van der Waals surface area contributed by atoms with Crippen LogP contribution in [0.5, 0.6) is 0 Å². The molecule has 2 aromatic carbocycles. The van der Waals surface area contributed by atoms with Gasteiger partial charge in [-0.1, -0.05) is 47.5 Å². The van der Waals surface area contributed by atoms with Crippen molar-refractivity contribution in [2.45, 2.75) is 11.5 Å². The number of carbonyl (C=O) groups is 2. The van der Waals surface area contributed by atoms with Crippen LogP contribution in [0.1, 0.15) is 11.1 Å². The van der Waals surface area contributed by atoms with Crippen molar-refractivity contribution in [3.8, 4) is 0 Å². The average Bonchev–Trinajstić information content (AvgIpc) is 3.09. The van der Waals surface area contributed by atoms with Crippen molar-refractivity contribution >= 4 is 40.7 Å². The molecule has 0 saturated carbocycles. The Balaban J connectivity index is 2.28. The molecule has 7 heteroatoms. The Hall–Kier alpha value is -2.50. The van der Waals surface area contributed by atoms with Gasteiger partial charge in [0.15, 0.2) is 5.41 Å². The van der Waals surface area contributed by atoms with Gasteiger partial charge in [-0.2, -0.15) is 0 Å². The topological polar surface area (TPSA) is 64.6 Å². The van der Waals surface area contributed by atoms with Gasteiger partial charge in [-0.15, -0.1) is 0 Å². The van der Waals surface area contributed by atoms with Crippen LogP contribution in [0.3, 0.4) is 0 Å². The van der Waals surface area contributed by atoms with Gasteiger partial charge in [-0.25, -0.2) is 4.79 Å². The highest BCUT2D eigenvalue weighted by Gasteiger charge is 2.58. The molecule has 0 saturated heterocycles. The third kappa shape index (κ3) is 3.17. The van der Waals surface area contributed by atoms with Crippen LogP contribution in [0.15, 0.2) is 54.7 Å². The van der Waals surface area contributed by atoms with E-state index in [1.165, 1.54) is 14.2 Å². The molecule has 27 heavy (non-hydrogen) atoms. The van der Waals surface area contributed by atoms with E-state index in [9.17, 15) is 9.59 Å². The largest absolute Gasteiger partial charge is 0.468 e. The minimum absolute atomic E-state index is 0.511. The van der Waals surface area contributed by atoms with Crippen LogP contribution < -0.4 is 5.32 Å². The Bertz CT molecular complexity index is 893. The first-order valence-corrected chi connectivity index (χ1v) is 8.85. The molecule has 2 atom stereocenters. The van der Waals surface area contributed by atoms with Gasteiger partial charge in [0.1, 0.15) is 6.04 Å². The Morgan fingerprint density at radius 2 is 1.48 bits per heavy atom. The van der Waals surface area contributed by atoms with Crippen molar-refractivity contribution in [2.24, 2.45) is 0 Å². The van der Waals surface area contributed by atoms with Crippen molar-refractivity contribution in [3.63, 3.8) is 0 Å². The van der Waals surface area contributed by atoms with Crippen LogP contribution in [0.25, 0.3) is 5.57 Å². The molecule has 0 fully saturated rings. The van der Waals surface area contributed by atoms with E-state index in [2.05, 4.69) is 5.32 Å². The highest BCUT2D eigenvalue weighted by atomic mass is 35.5. The predicted octanol–water partition coefficient (Wildman–Crippen LogP) is 3.59. The number of methoxy groups -OCH3 is 2. The summed E-state index contributed by atoms with van der Waals surface area (Å²) in [4.78, 5) is 25.7. The number of halogens is 2. The molecular weight excluding hydrogens is 389 g/mol. The maximum absolute atomic E-state index is 13.1. The number of benzene rings is 2. The SMILES string of the molecule is COC(=O)C1NC=C(c2ccc(Cl)cc2)C1(C(=O)OC)c1ccc(Cl)cc1. The second-order valence-electron chi connectivity index (χ2n) is 5.99. The van der Waals surface area contributed by atoms with Gasteiger partial charge in [-0.05, 0) is 41.0 Å². The van der Waals surface area contributed by atoms with Crippen molar-refractivity contribution in [1.29, 1.82) is 0 Å². The smallest absolute Gasteiger partial charge is 0.330 e. The normalized spacial score (nSPS) is 21.2. The average molecular weight is 406 g/mol. The van der Waals surface area contributed by atoms with E-state index in [0.717, 1.165) is 5.56 Å². The molecule has 1 N–H and O–H groups in total. The number of hydrogen-bond donors (Lipinski definition) is 1. The molecule has 0 spiro atoms. The highest BCUT2D eigenvalue weighted by Crippen LogP contribution is 2.46. The van der Waals surface area contributed by atoms with Gasteiger partial charge in [0.25, 0.3) is 0 Å². The zero-order valence-corrected chi connectivity index (χ0v) is 16.2. The molecule has 2 aromatic rings. The maximum atomic E-state index is 13.1. The van der Waals surface area contributed by atoms with E-state index < -0.39 is 23.4 Å². The first-order chi connectivity index (χ1) is 12.9. The summed E-state index contributed by atoms with van der Waals surface area (Å²) in [5, 5.41) is 4.06. The fraction of sp³-hybridized carbons (Fsp3) is 0.200. The first-order valence-electron chi connectivity index (χ1n) is 8.10. The van der Waals surface area contributed by atoms with Gasteiger partial charge >= 0.3 is 11.9 Å². The minimum atomic E-state index is -1.44. The lowest BCUT2D eigenvalue weighted by atomic mass is 9.68. The molecule has 5 nitrogen and oxygen atoms in total. The molecule has 0 bridgehead atoms. The zero-order valence-electron chi connectivity index (χ0n) is 14.7. The lowest BCUT2D eigenvalue weighted by Gasteiger charge is -2.34. The second-order valence-corrected chi connectivity index (χ2v) is 6.87. The Labute approximate surface area is 166 Å².